The fourth-order valence-corrected chi connectivity index (χ4v) is 2.02. The molecule has 0 atom stereocenters. The van der Waals surface area contributed by atoms with Gasteiger partial charge >= 0.3 is 0 Å². The standard InChI is InChI=1S/C16H12N2O/c17-14-6-3-11(4-7-14)16(19)13-5-8-15-12(10-13)2-1-9-18-15/h1-10H,17H2. The van der Waals surface area contributed by atoms with Gasteiger partial charge < -0.3 is 5.73 Å². The fourth-order valence-electron chi connectivity index (χ4n) is 2.02. The second-order valence-corrected chi connectivity index (χ2v) is 4.36. The number of ketones is 1. The molecule has 1 heterocycles. The van der Waals surface area contributed by atoms with E-state index in [9.17, 15) is 4.79 Å². The Morgan fingerprint density at radius 2 is 1.68 bits per heavy atom. The Morgan fingerprint density at radius 1 is 0.947 bits per heavy atom. The summed E-state index contributed by atoms with van der Waals surface area (Å²) in [7, 11) is 0. The van der Waals surface area contributed by atoms with Gasteiger partial charge in [0.25, 0.3) is 0 Å². The minimum absolute atomic E-state index is 0.00856. The van der Waals surface area contributed by atoms with Crippen LogP contribution in [-0.4, -0.2) is 10.8 Å². The highest BCUT2D eigenvalue weighted by atomic mass is 16.1. The predicted octanol–water partition coefficient (Wildman–Crippen LogP) is 3.05. The molecule has 0 spiro atoms. The Kier molecular flexibility index (Phi) is 2.72. The number of hydrogen-bond donors (Lipinski definition) is 1. The highest BCUT2D eigenvalue weighted by Crippen LogP contribution is 2.17. The Labute approximate surface area is 110 Å². The first-order chi connectivity index (χ1) is 9.24. The van der Waals surface area contributed by atoms with Crippen LogP contribution in [0.1, 0.15) is 15.9 Å². The van der Waals surface area contributed by atoms with Crippen LogP contribution < -0.4 is 5.73 Å². The molecule has 2 aromatic carbocycles. The van der Waals surface area contributed by atoms with Crippen LogP contribution in [0, 0.1) is 0 Å². The highest BCUT2D eigenvalue weighted by Gasteiger charge is 2.09. The number of benzene rings is 2. The fraction of sp³-hybridized carbons (Fsp3) is 0. The topological polar surface area (TPSA) is 56.0 Å². The summed E-state index contributed by atoms with van der Waals surface area (Å²) in [6.45, 7) is 0. The smallest absolute Gasteiger partial charge is 0.193 e. The van der Waals surface area contributed by atoms with Crippen molar-refractivity contribution in [2.75, 3.05) is 5.73 Å². The monoisotopic (exact) mass is 248 g/mol. The van der Waals surface area contributed by atoms with Crippen LogP contribution >= 0.6 is 0 Å². The predicted molar refractivity (Wildman–Crippen MR) is 76.0 cm³/mol. The van der Waals surface area contributed by atoms with E-state index in [-0.39, 0.29) is 5.78 Å². The molecule has 3 aromatic rings. The number of nitrogens with zero attached hydrogens (tertiary/aromatic N) is 1. The summed E-state index contributed by atoms with van der Waals surface area (Å²) in [6.07, 6.45) is 1.74. The molecular formula is C16H12N2O. The number of hydrogen-bond acceptors (Lipinski definition) is 3. The van der Waals surface area contributed by atoms with Gasteiger partial charge in [-0.2, -0.15) is 0 Å². The maximum Gasteiger partial charge on any atom is 0.193 e. The minimum atomic E-state index is -0.00856. The summed E-state index contributed by atoms with van der Waals surface area (Å²) in [6, 6.07) is 16.3. The lowest BCUT2D eigenvalue weighted by atomic mass is 10.0. The number of carbonyl (C=O) groups excluding carboxylic acids is 1. The maximum absolute atomic E-state index is 12.3. The van der Waals surface area contributed by atoms with E-state index < -0.39 is 0 Å². The summed E-state index contributed by atoms with van der Waals surface area (Å²) in [5.41, 5.74) is 8.45. The Hall–Kier alpha value is -2.68. The van der Waals surface area contributed by atoms with E-state index in [1.54, 1.807) is 36.5 Å². The van der Waals surface area contributed by atoms with E-state index in [4.69, 9.17) is 5.73 Å². The van der Waals surface area contributed by atoms with Gasteiger partial charge in [-0.1, -0.05) is 6.07 Å². The molecule has 0 saturated carbocycles. The molecule has 0 fully saturated rings. The normalized spacial score (nSPS) is 10.5. The molecule has 3 rings (SSSR count). The van der Waals surface area contributed by atoms with Gasteiger partial charge in [0.1, 0.15) is 0 Å². The van der Waals surface area contributed by atoms with Crippen LogP contribution in [0.15, 0.2) is 60.8 Å². The van der Waals surface area contributed by atoms with Gasteiger partial charge in [0, 0.05) is 28.4 Å². The van der Waals surface area contributed by atoms with Gasteiger partial charge in [-0.25, -0.2) is 0 Å². The second kappa shape index (κ2) is 4.53. The van der Waals surface area contributed by atoms with E-state index in [2.05, 4.69) is 4.98 Å². The number of fused-ring (bicyclic) bond motifs is 1. The number of aromatic nitrogens is 1. The number of nitrogen functional groups attached to an aromatic ring is 1. The molecule has 0 amide bonds. The number of rotatable bonds is 2. The molecule has 2 N–H and O–H groups in total. The van der Waals surface area contributed by atoms with Gasteiger partial charge in [-0.05, 0) is 48.5 Å². The molecule has 0 aliphatic heterocycles. The van der Waals surface area contributed by atoms with Crippen LogP contribution in [0.25, 0.3) is 10.9 Å². The van der Waals surface area contributed by atoms with Crippen molar-refractivity contribution in [2.45, 2.75) is 0 Å². The molecule has 3 nitrogen and oxygen atoms in total. The zero-order valence-electron chi connectivity index (χ0n) is 10.2. The Bertz CT molecular complexity index is 748. The SMILES string of the molecule is Nc1ccc(C(=O)c2ccc3ncccc3c2)cc1. The minimum Gasteiger partial charge on any atom is -0.399 e. The zero-order chi connectivity index (χ0) is 13.2. The Morgan fingerprint density at radius 3 is 2.47 bits per heavy atom. The van der Waals surface area contributed by atoms with Crippen molar-refractivity contribution in [2.24, 2.45) is 0 Å². The lowest BCUT2D eigenvalue weighted by Crippen LogP contribution is -2.01. The van der Waals surface area contributed by atoms with E-state index in [0.29, 0.717) is 16.8 Å². The summed E-state index contributed by atoms with van der Waals surface area (Å²) >= 11 is 0. The van der Waals surface area contributed by atoms with Gasteiger partial charge in [-0.3, -0.25) is 9.78 Å². The van der Waals surface area contributed by atoms with E-state index in [0.717, 1.165) is 10.9 Å². The summed E-state index contributed by atoms with van der Waals surface area (Å²) < 4.78 is 0. The van der Waals surface area contributed by atoms with Crippen molar-refractivity contribution >= 4 is 22.4 Å². The van der Waals surface area contributed by atoms with Gasteiger partial charge in [-0.15, -0.1) is 0 Å². The van der Waals surface area contributed by atoms with Crippen molar-refractivity contribution in [3.8, 4) is 0 Å². The number of carbonyl (C=O) groups is 1. The average molecular weight is 248 g/mol. The van der Waals surface area contributed by atoms with Gasteiger partial charge in [0.2, 0.25) is 0 Å². The largest absolute Gasteiger partial charge is 0.399 e. The molecular weight excluding hydrogens is 236 g/mol. The first-order valence-electron chi connectivity index (χ1n) is 5.99. The van der Waals surface area contributed by atoms with Crippen molar-refractivity contribution in [3.63, 3.8) is 0 Å². The molecule has 0 unspecified atom stereocenters. The average Bonchev–Trinajstić information content (AvgIpc) is 2.47. The van der Waals surface area contributed by atoms with Crippen molar-refractivity contribution in [1.82, 2.24) is 4.98 Å². The highest BCUT2D eigenvalue weighted by molar-refractivity contribution is 6.10. The van der Waals surface area contributed by atoms with Crippen LogP contribution in [-0.2, 0) is 0 Å². The molecule has 1 aromatic heterocycles. The van der Waals surface area contributed by atoms with E-state index in [1.807, 2.05) is 24.3 Å². The Balaban J connectivity index is 2.04. The molecule has 19 heavy (non-hydrogen) atoms. The first kappa shape index (κ1) is 11.4. The van der Waals surface area contributed by atoms with E-state index in [1.165, 1.54) is 0 Å². The van der Waals surface area contributed by atoms with Crippen molar-refractivity contribution in [3.05, 3.63) is 71.9 Å². The number of nitrogens with two attached hydrogens (primary N) is 1. The molecule has 3 heteroatoms. The van der Waals surface area contributed by atoms with Crippen molar-refractivity contribution in [1.29, 1.82) is 0 Å². The van der Waals surface area contributed by atoms with Crippen molar-refractivity contribution < 1.29 is 4.79 Å². The third kappa shape index (κ3) is 2.18. The molecule has 0 bridgehead atoms. The molecule has 0 aliphatic rings. The number of anilines is 1. The van der Waals surface area contributed by atoms with Gasteiger partial charge in [0.15, 0.2) is 5.78 Å². The van der Waals surface area contributed by atoms with Crippen LogP contribution in [0.3, 0.4) is 0 Å². The second-order valence-electron chi connectivity index (χ2n) is 4.36. The molecule has 0 radical (unpaired) electrons. The van der Waals surface area contributed by atoms with Gasteiger partial charge in [0.05, 0.1) is 5.52 Å². The maximum atomic E-state index is 12.3. The lowest BCUT2D eigenvalue weighted by Gasteiger charge is -2.03. The zero-order valence-corrected chi connectivity index (χ0v) is 10.2. The summed E-state index contributed by atoms with van der Waals surface area (Å²) in [5.74, 6) is -0.00856. The van der Waals surface area contributed by atoms with Crippen LogP contribution in [0.4, 0.5) is 5.69 Å². The molecule has 0 aliphatic carbocycles. The third-order valence-electron chi connectivity index (χ3n) is 3.04. The summed E-state index contributed by atoms with van der Waals surface area (Å²) in [5, 5.41) is 0.962. The molecule has 0 saturated heterocycles. The quantitative estimate of drug-likeness (QED) is 0.560. The number of pyridine rings is 1. The molecule has 92 valence electrons. The van der Waals surface area contributed by atoms with Crippen LogP contribution in [0.2, 0.25) is 0 Å². The summed E-state index contributed by atoms with van der Waals surface area (Å²) in [4.78, 5) is 16.6. The van der Waals surface area contributed by atoms with E-state index >= 15 is 0 Å². The third-order valence-corrected chi connectivity index (χ3v) is 3.04. The lowest BCUT2D eigenvalue weighted by molar-refractivity contribution is 0.103. The first-order valence-corrected chi connectivity index (χ1v) is 5.99. The van der Waals surface area contributed by atoms with Crippen LogP contribution in [0.5, 0.6) is 0 Å².